The predicted octanol–water partition coefficient (Wildman–Crippen LogP) is 5.49. The number of pyridine rings is 1. The molecule has 35 heavy (non-hydrogen) atoms. The summed E-state index contributed by atoms with van der Waals surface area (Å²) in [6, 6.07) is 6.89. The molecule has 0 unspecified atom stereocenters. The number of amidine groups is 1. The first-order valence-electron chi connectivity index (χ1n) is 11.4. The van der Waals surface area contributed by atoms with Gasteiger partial charge in [-0.05, 0) is 36.0 Å². The predicted molar refractivity (Wildman–Crippen MR) is 143 cm³/mol. The summed E-state index contributed by atoms with van der Waals surface area (Å²) in [6.07, 6.45) is -1.11. The molecule has 3 N–H and O–H groups in total. The number of benzene rings is 1. The van der Waals surface area contributed by atoms with Crippen molar-refractivity contribution in [3.05, 3.63) is 52.2 Å². The van der Waals surface area contributed by atoms with Crippen molar-refractivity contribution in [2.75, 3.05) is 18.0 Å². The number of aromatic hydroxyl groups is 1. The Morgan fingerprint density at radius 3 is 2.09 bits per heavy atom. The van der Waals surface area contributed by atoms with Crippen LogP contribution in [0.3, 0.4) is 0 Å². The van der Waals surface area contributed by atoms with Gasteiger partial charge in [0.15, 0.2) is 5.78 Å². The number of ketones is 1. The molecule has 9 heteroatoms. The quantitative estimate of drug-likeness (QED) is 0.427. The van der Waals surface area contributed by atoms with Crippen LogP contribution in [-0.2, 0) is 17.4 Å². The highest BCUT2D eigenvalue weighted by molar-refractivity contribution is 8.93. The van der Waals surface area contributed by atoms with Crippen LogP contribution in [-0.4, -0.2) is 50.9 Å². The number of aromatic nitrogens is 1. The molecule has 2 aromatic rings. The van der Waals surface area contributed by atoms with Gasteiger partial charge in [-0.15, -0.1) is 17.0 Å². The number of rotatable bonds is 5. The second-order valence-electron chi connectivity index (χ2n) is 10.8. The third-order valence-electron chi connectivity index (χ3n) is 6.07. The Bertz CT molecular complexity index is 1130. The molecule has 0 saturated carbocycles. The Labute approximate surface area is 217 Å². The highest BCUT2D eigenvalue weighted by atomic mass is 79.9. The molecule has 190 valence electrons. The van der Waals surface area contributed by atoms with Gasteiger partial charge in [0.1, 0.15) is 23.1 Å². The molecule has 1 amide bonds. The van der Waals surface area contributed by atoms with Gasteiger partial charge in [0.25, 0.3) is 0 Å². The number of anilines is 1. The summed E-state index contributed by atoms with van der Waals surface area (Å²) in [7, 11) is 0. The van der Waals surface area contributed by atoms with Crippen LogP contribution in [0.5, 0.6) is 5.75 Å². The maximum Gasteiger partial charge on any atom is 0.412 e. The van der Waals surface area contributed by atoms with E-state index in [1.165, 1.54) is 0 Å². The Hall–Kier alpha value is -2.94. The van der Waals surface area contributed by atoms with Gasteiger partial charge in [0.05, 0.1) is 6.54 Å². The number of hydrogen-bond acceptors (Lipinski definition) is 5. The minimum absolute atomic E-state index is 0. The molecule has 1 aromatic heterocycles. The number of carbonyl (C=O) groups excluding carboxylic acids is 1. The van der Waals surface area contributed by atoms with Crippen molar-refractivity contribution in [3.63, 3.8) is 0 Å². The molecule has 0 saturated heterocycles. The lowest BCUT2D eigenvalue weighted by Crippen LogP contribution is -2.32. The molecular weight excluding hydrogens is 512 g/mol. The maximum absolute atomic E-state index is 13.4. The lowest BCUT2D eigenvalue weighted by Gasteiger charge is -2.28. The molecule has 1 aliphatic rings. The summed E-state index contributed by atoms with van der Waals surface area (Å²) in [4.78, 5) is 32.0. The monoisotopic (exact) mass is 546 g/mol. The van der Waals surface area contributed by atoms with E-state index in [0.29, 0.717) is 28.9 Å². The first-order valence-corrected chi connectivity index (χ1v) is 11.4. The van der Waals surface area contributed by atoms with Gasteiger partial charge >= 0.3 is 6.09 Å². The summed E-state index contributed by atoms with van der Waals surface area (Å²) in [5.41, 5.74) is 2.37. The lowest BCUT2D eigenvalue weighted by atomic mass is 9.78. The van der Waals surface area contributed by atoms with Gasteiger partial charge in [0, 0.05) is 35.3 Å². The maximum atomic E-state index is 13.4. The fourth-order valence-electron chi connectivity index (χ4n) is 4.13. The first kappa shape index (κ1) is 28.3. The van der Waals surface area contributed by atoms with Gasteiger partial charge in [0.2, 0.25) is 0 Å². The SMILES string of the molecule is Br.CCN(C(=O)O)c1ccc2c(n1)C(=N)N(CC(=O)c1cc(C(C)(C)C)c(O)c(C(C)(C)C)c1)C2. The van der Waals surface area contributed by atoms with Gasteiger partial charge in [-0.25, -0.2) is 9.78 Å². The number of carboxylic acid groups (broad SMARTS) is 1. The molecule has 0 fully saturated rings. The Balaban J connectivity index is 0.00000432. The number of phenols is 1. The van der Waals surface area contributed by atoms with E-state index in [4.69, 9.17) is 5.41 Å². The number of Topliss-reactive ketones (excluding diaryl/α,β-unsaturated/α-hetero) is 1. The van der Waals surface area contributed by atoms with Crippen molar-refractivity contribution in [2.24, 2.45) is 0 Å². The number of carbonyl (C=O) groups is 2. The molecule has 0 spiro atoms. The standard InChI is InChI=1S/C26H34N4O4.BrH/c1-8-30(24(33)34)20-10-9-15-13-29(23(27)21(15)28-20)14-19(31)16-11-17(25(2,3)4)22(32)18(12-16)26(5,6)7;/h9-12,27,32H,8,13-14H2,1-7H3,(H,33,34);1H. The molecular formula is C26H35BrN4O4. The van der Waals surface area contributed by atoms with E-state index in [-0.39, 0.29) is 64.1 Å². The highest BCUT2D eigenvalue weighted by Gasteiger charge is 2.31. The zero-order valence-corrected chi connectivity index (χ0v) is 23.1. The molecule has 0 atom stereocenters. The number of amides is 1. The number of phenolic OH excluding ortho intramolecular Hbond substituents is 1. The molecule has 1 aromatic carbocycles. The van der Waals surface area contributed by atoms with Crippen LogP contribution >= 0.6 is 17.0 Å². The van der Waals surface area contributed by atoms with Gasteiger partial charge in [-0.1, -0.05) is 47.6 Å². The lowest BCUT2D eigenvalue weighted by molar-refractivity contribution is 0.0962. The summed E-state index contributed by atoms with van der Waals surface area (Å²) < 4.78 is 0. The molecule has 0 bridgehead atoms. The third kappa shape index (κ3) is 5.66. The second kappa shape index (κ2) is 9.97. The summed E-state index contributed by atoms with van der Waals surface area (Å²) in [6.45, 7) is 14.3. The summed E-state index contributed by atoms with van der Waals surface area (Å²) in [5.74, 6) is 0.412. The number of nitrogens with one attached hydrogen (secondary N) is 1. The minimum Gasteiger partial charge on any atom is -0.507 e. The van der Waals surface area contributed by atoms with Gasteiger partial charge < -0.3 is 15.1 Å². The van der Waals surface area contributed by atoms with Gasteiger partial charge in [-0.2, -0.15) is 0 Å². The van der Waals surface area contributed by atoms with Crippen molar-refractivity contribution in [2.45, 2.75) is 65.8 Å². The minimum atomic E-state index is -1.11. The highest BCUT2D eigenvalue weighted by Crippen LogP contribution is 2.40. The normalized spacial score (nSPS) is 13.3. The summed E-state index contributed by atoms with van der Waals surface area (Å²) >= 11 is 0. The van der Waals surface area contributed by atoms with Crippen LogP contribution < -0.4 is 4.90 Å². The van der Waals surface area contributed by atoms with E-state index in [1.807, 2.05) is 41.5 Å². The fraction of sp³-hybridized carbons (Fsp3) is 0.462. The van der Waals surface area contributed by atoms with Crippen LogP contribution in [0.1, 0.15) is 81.2 Å². The zero-order chi connectivity index (χ0) is 25.6. The van der Waals surface area contributed by atoms with Crippen molar-refractivity contribution >= 4 is 40.5 Å². The third-order valence-corrected chi connectivity index (χ3v) is 6.07. The van der Waals surface area contributed by atoms with Crippen LogP contribution in [0.4, 0.5) is 10.6 Å². The van der Waals surface area contributed by atoms with E-state index in [9.17, 15) is 19.8 Å². The first-order chi connectivity index (χ1) is 15.6. The molecule has 1 aliphatic heterocycles. The van der Waals surface area contributed by atoms with Crippen molar-refractivity contribution in [1.29, 1.82) is 5.41 Å². The Kier molecular flexibility index (Phi) is 8.06. The molecule has 8 nitrogen and oxygen atoms in total. The average molecular weight is 547 g/mol. The van der Waals surface area contributed by atoms with E-state index < -0.39 is 6.09 Å². The topological polar surface area (TPSA) is 118 Å². The molecule has 2 heterocycles. The Morgan fingerprint density at radius 2 is 1.63 bits per heavy atom. The van der Waals surface area contributed by atoms with Crippen LogP contribution in [0.2, 0.25) is 0 Å². The second-order valence-corrected chi connectivity index (χ2v) is 10.8. The molecule has 3 rings (SSSR count). The van der Waals surface area contributed by atoms with Crippen molar-refractivity contribution in [1.82, 2.24) is 9.88 Å². The number of halogens is 1. The van der Waals surface area contributed by atoms with Crippen LogP contribution in [0.15, 0.2) is 24.3 Å². The smallest absolute Gasteiger partial charge is 0.412 e. The van der Waals surface area contributed by atoms with Crippen LogP contribution in [0, 0.1) is 5.41 Å². The van der Waals surface area contributed by atoms with Crippen LogP contribution in [0.25, 0.3) is 0 Å². The molecule has 0 radical (unpaired) electrons. The number of fused-ring (bicyclic) bond motifs is 1. The van der Waals surface area contributed by atoms with E-state index in [0.717, 1.165) is 10.5 Å². The largest absolute Gasteiger partial charge is 0.507 e. The number of hydrogen-bond donors (Lipinski definition) is 3. The van der Waals surface area contributed by atoms with E-state index in [1.54, 1.807) is 36.1 Å². The van der Waals surface area contributed by atoms with E-state index >= 15 is 0 Å². The fourth-order valence-corrected chi connectivity index (χ4v) is 4.13. The Morgan fingerprint density at radius 1 is 1.09 bits per heavy atom. The van der Waals surface area contributed by atoms with Crippen molar-refractivity contribution in [3.8, 4) is 5.75 Å². The molecule has 0 aliphatic carbocycles. The average Bonchev–Trinajstić information content (AvgIpc) is 3.01. The van der Waals surface area contributed by atoms with Crippen molar-refractivity contribution < 1.29 is 19.8 Å². The van der Waals surface area contributed by atoms with Gasteiger partial charge in [-0.3, -0.25) is 15.1 Å². The number of nitrogens with zero attached hydrogens (tertiary/aromatic N) is 3. The zero-order valence-electron chi connectivity index (χ0n) is 21.4. The summed E-state index contributed by atoms with van der Waals surface area (Å²) in [5, 5.41) is 28.9. The van der Waals surface area contributed by atoms with E-state index in [2.05, 4.69) is 4.98 Å².